The molecule has 5 aromatic rings. The molecule has 7 nitrogen and oxygen atoms in total. The Morgan fingerprint density at radius 2 is 1.21 bits per heavy atom. The molecule has 0 N–H and O–H groups in total. The molecule has 0 bridgehead atoms. The van der Waals surface area contributed by atoms with E-state index in [1.165, 1.54) is 38.9 Å². The van der Waals surface area contributed by atoms with Crippen LogP contribution in [-0.4, -0.2) is 43.8 Å². The number of halogens is 1. The van der Waals surface area contributed by atoms with Crippen molar-refractivity contribution in [1.82, 2.24) is 8.61 Å². The number of nitrogens with zero attached hydrogens (tertiary/aromatic N) is 2. The summed E-state index contributed by atoms with van der Waals surface area (Å²) in [6.45, 7) is 3.50. The zero-order valence-electron chi connectivity index (χ0n) is 26.5. The van der Waals surface area contributed by atoms with E-state index in [0.717, 1.165) is 21.9 Å². The van der Waals surface area contributed by atoms with Gasteiger partial charge < -0.3 is 0 Å². The topological polar surface area (TPSA) is 91.8 Å². The van der Waals surface area contributed by atoms with Gasteiger partial charge in [-0.2, -0.15) is 8.61 Å². The Hall–Kier alpha value is -4.22. The summed E-state index contributed by atoms with van der Waals surface area (Å²) in [7, 11) is -8.45. The fraction of sp³-hybridized carbons (Fsp3) is 0.237. The Kier molecular flexibility index (Phi) is 8.31. The zero-order chi connectivity index (χ0) is 33.8. The first kappa shape index (κ1) is 32.3. The molecule has 2 aliphatic heterocycles. The first-order valence-corrected chi connectivity index (χ1v) is 18.8. The van der Waals surface area contributed by atoms with Crippen LogP contribution in [0.1, 0.15) is 47.2 Å². The second kappa shape index (κ2) is 12.3. The third-order valence-corrected chi connectivity index (χ3v) is 13.6. The van der Waals surface area contributed by atoms with Gasteiger partial charge in [-0.05, 0) is 66.9 Å². The number of carbonyl (C=O) groups excluding carboxylic acids is 1. The molecule has 48 heavy (non-hydrogen) atoms. The summed E-state index contributed by atoms with van der Waals surface area (Å²) in [6, 6.07) is 29.4. The Morgan fingerprint density at radius 1 is 0.646 bits per heavy atom. The lowest BCUT2D eigenvalue weighted by Gasteiger charge is -2.51. The molecule has 0 unspecified atom stereocenters. The van der Waals surface area contributed by atoms with Gasteiger partial charge in [-0.3, -0.25) is 4.79 Å². The maximum absolute atomic E-state index is 15.5. The summed E-state index contributed by atoms with van der Waals surface area (Å²) in [4.78, 5) is 14.2. The minimum atomic E-state index is -4.30. The number of aryl methyl sites for hydroxylation is 2. The molecular weight excluding hydrogens is 648 g/mol. The van der Waals surface area contributed by atoms with Gasteiger partial charge >= 0.3 is 0 Å². The van der Waals surface area contributed by atoms with Crippen LogP contribution < -0.4 is 0 Å². The molecule has 10 heteroatoms. The molecule has 7 rings (SSSR count). The van der Waals surface area contributed by atoms with E-state index in [0.29, 0.717) is 5.56 Å². The molecule has 246 valence electrons. The van der Waals surface area contributed by atoms with E-state index >= 15 is 4.39 Å². The molecule has 0 aliphatic carbocycles. The summed E-state index contributed by atoms with van der Waals surface area (Å²) < 4.78 is 76.5. The number of carbonyl (C=O) groups is 1. The fourth-order valence-electron chi connectivity index (χ4n) is 7.32. The van der Waals surface area contributed by atoms with Gasteiger partial charge in [-0.25, -0.2) is 21.2 Å². The van der Waals surface area contributed by atoms with Crippen LogP contribution in [0.25, 0.3) is 10.8 Å². The molecule has 0 saturated carbocycles. The quantitative estimate of drug-likeness (QED) is 0.190. The number of Topliss-reactive ketones (excluding diaryl/α,β-unsaturated/α-hetero) is 1. The van der Waals surface area contributed by atoms with Gasteiger partial charge in [0.25, 0.3) is 0 Å². The van der Waals surface area contributed by atoms with Gasteiger partial charge in [0.05, 0.1) is 21.9 Å². The van der Waals surface area contributed by atoms with Crippen LogP contribution >= 0.6 is 0 Å². The zero-order valence-corrected chi connectivity index (χ0v) is 28.2. The molecule has 0 spiro atoms. The standard InChI is InChI=1S/C38H35FN2O5S2/c1-25-14-18-28(19-15-25)47(43,44)40-24-33-36(22-35(40)31-12-7-9-27-8-3-4-10-30(27)31)41(48(45,46)29-20-16-26(2)17-21-29)37(23-38(33)42)32-11-5-6-13-34(32)39/h3-21,33,35-37H,22-24H2,1-2H3/t33-,35+,36+,37+/m1/s1. The van der Waals surface area contributed by atoms with E-state index in [-0.39, 0.29) is 40.5 Å². The summed E-state index contributed by atoms with van der Waals surface area (Å²) in [5.74, 6) is -1.88. The predicted octanol–water partition coefficient (Wildman–Crippen LogP) is 7.12. The van der Waals surface area contributed by atoms with E-state index in [1.54, 1.807) is 42.5 Å². The second-order valence-electron chi connectivity index (χ2n) is 12.7. The average molecular weight is 683 g/mol. The minimum Gasteiger partial charge on any atom is -0.299 e. The van der Waals surface area contributed by atoms with Crippen LogP contribution in [0.5, 0.6) is 0 Å². The lowest BCUT2D eigenvalue weighted by Crippen LogP contribution is -2.61. The highest BCUT2D eigenvalue weighted by atomic mass is 32.2. The van der Waals surface area contributed by atoms with Crippen LogP contribution in [0.4, 0.5) is 4.39 Å². The van der Waals surface area contributed by atoms with Crippen molar-refractivity contribution in [2.45, 2.75) is 54.6 Å². The molecule has 5 aromatic carbocycles. The highest BCUT2D eigenvalue weighted by Gasteiger charge is 2.55. The van der Waals surface area contributed by atoms with E-state index in [1.807, 2.05) is 56.3 Å². The number of fused-ring (bicyclic) bond motifs is 2. The maximum atomic E-state index is 15.5. The first-order chi connectivity index (χ1) is 23.0. The van der Waals surface area contributed by atoms with Crippen molar-refractivity contribution in [2.24, 2.45) is 5.92 Å². The Morgan fingerprint density at radius 3 is 1.88 bits per heavy atom. The molecule has 0 radical (unpaired) electrons. The third kappa shape index (κ3) is 5.56. The smallest absolute Gasteiger partial charge is 0.243 e. The lowest BCUT2D eigenvalue weighted by molar-refractivity contribution is -0.132. The summed E-state index contributed by atoms with van der Waals surface area (Å²) in [5, 5.41) is 1.73. The largest absolute Gasteiger partial charge is 0.299 e. The molecule has 2 fully saturated rings. The van der Waals surface area contributed by atoms with E-state index < -0.39 is 49.9 Å². The van der Waals surface area contributed by atoms with Crippen molar-refractivity contribution < 1.29 is 26.0 Å². The van der Waals surface area contributed by atoms with Gasteiger partial charge in [-0.15, -0.1) is 0 Å². The minimum absolute atomic E-state index is 0.00838. The van der Waals surface area contributed by atoms with Crippen molar-refractivity contribution >= 4 is 36.6 Å². The van der Waals surface area contributed by atoms with Crippen molar-refractivity contribution in [1.29, 1.82) is 0 Å². The number of ketones is 1. The van der Waals surface area contributed by atoms with Crippen molar-refractivity contribution in [2.75, 3.05) is 6.54 Å². The SMILES string of the molecule is Cc1ccc(S(=O)(=O)N2C[C@H]3C(=O)C[C@@H](c4ccccc4F)N(S(=O)(=O)c4ccc(C)cc4)[C@H]3C[C@H]2c2cccc3ccccc23)cc1. The van der Waals surface area contributed by atoms with Gasteiger partial charge in [0.2, 0.25) is 20.0 Å². The van der Waals surface area contributed by atoms with Crippen molar-refractivity contribution in [3.05, 3.63) is 143 Å². The van der Waals surface area contributed by atoms with Crippen LogP contribution in [0.2, 0.25) is 0 Å². The van der Waals surface area contributed by atoms with Gasteiger partial charge in [0, 0.05) is 30.5 Å². The number of hydrogen-bond acceptors (Lipinski definition) is 5. The van der Waals surface area contributed by atoms with Crippen LogP contribution in [0.15, 0.2) is 125 Å². The summed E-state index contributed by atoms with van der Waals surface area (Å²) in [5.41, 5.74) is 2.58. The molecule has 2 aliphatic rings. The highest BCUT2D eigenvalue weighted by molar-refractivity contribution is 7.89. The van der Waals surface area contributed by atoms with E-state index in [9.17, 15) is 21.6 Å². The van der Waals surface area contributed by atoms with E-state index in [2.05, 4.69) is 0 Å². The number of benzene rings is 5. The Labute approximate surface area is 280 Å². The Bertz CT molecular complexity index is 2230. The Balaban J connectivity index is 1.43. The molecular formula is C38H35FN2O5S2. The highest BCUT2D eigenvalue weighted by Crippen LogP contribution is 2.49. The van der Waals surface area contributed by atoms with Crippen LogP contribution in [0, 0.1) is 25.6 Å². The molecule has 0 amide bonds. The van der Waals surface area contributed by atoms with Crippen LogP contribution in [0.3, 0.4) is 0 Å². The maximum Gasteiger partial charge on any atom is 0.243 e. The summed E-state index contributed by atoms with van der Waals surface area (Å²) in [6.07, 6.45) is -0.296. The summed E-state index contributed by atoms with van der Waals surface area (Å²) >= 11 is 0. The fourth-order valence-corrected chi connectivity index (χ4v) is 10.8. The molecule has 2 heterocycles. The first-order valence-electron chi connectivity index (χ1n) is 15.9. The van der Waals surface area contributed by atoms with Crippen LogP contribution in [-0.2, 0) is 24.8 Å². The van der Waals surface area contributed by atoms with Crippen molar-refractivity contribution in [3.63, 3.8) is 0 Å². The molecule has 0 aromatic heterocycles. The predicted molar refractivity (Wildman–Crippen MR) is 183 cm³/mol. The number of hydrogen-bond donors (Lipinski definition) is 0. The third-order valence-electron chi connectivity index (χ3n) is 9.77. The van der Waals surface area contributed by atoms with E-state index in [4.69, 9.17) is 0 Å². The lowest BCUT2D eigenvalue weighted by atomic mass is 9.77. The second-order valence-corrected chi connectivity index (χ2v) is 16.5. The van der Waals surface area contributed by atoms with Gasteiger partial charge in [0.15, 0.2) is 0 Å². The number of rotatable bonds is 6. The number of piperidine rings is 2. The normalized spacial score (nSPS) is 22.4. The van der Waals surface area contributed by atoms with Gasteiger partial charge in [-0.1, -0.05) is 96.1 Å². The molecule has 4 atom stereocenters. The van der Waals surface area contributed by atoms with Crippen molar-refractivity contribution in [3.8, 4) is 0 Å². The molecule has 2 saturated heterocycles. The monoisotopic (exact) mass is 682 g/mol. The van der Waals surface area contributed by atoms with Gasteiger partial charge in [0.1, 0.15) is 11.6 Å². The average Bonchev–Trinajstić information content (AvgIpc) is 3.08. The number of sulfonamides is 2.